The maximum atomic E-state index is 12.6. The normalized spacial score (nSPS) is 26.7. The van der Waals surface area contributed by atoms with Crippen LogP contribution in [0.25, 0.3) is 0 Å². The van der Waals surface area contributed by atoms with Gasteiger partial charge in [0.25, 0.3) is 0 Å². The Morgan fingerprint density at radius 1 is 1.26 bits per heavy atom. The van der Waals surface area contributed by atoms with Crippen molar-refractivity contribution in [3.8, 4) is 0 Å². The smallest absolute Gasteiger partial charge is 0.234 e. The van der Waals surface area contributed by atoms with Crippen LogP contribution in [0, 0.1) is 5.92 Å². The van der Waals surface area contributed by atoms with E-state index in [2.05, 4.69) is 29.3 Å². The van der Waals surface area contributed by atoms with Crippen LogP contribution in [0.3, 0.4) is 0 Å². The standard InChI is InChI=1S/C19H28N2O2/c1-14-6-5-9-17(13-22)21(14)12-18(23)20-19(16-10-11-16)15-7-3-2-4-8-15/h2-4,7-8,14,16-17,19,22H,5-6,9-13H2,1H3,(H,20,23). The van der Waals surface area contributed by atoms with Crippen LogP contribution in [0.4, 0.5) is 0 Å². The predicted molar refractivity (Wildman–Crippen MR) is 90.9 cm³/mol. The molecule has 3 atom stereocenters. The van der Waals surface area contributed by atoms with Gasteiger partial charge in [0.2, 0.25) is 5.91 Å². The summed E-state index contributed by atoms with van der Waals surface area (Å²) in [6.07, 6.45) is 5.62. The summed E-state index contributed by atoms with van der Waals surface area (Å²) >= 11 is 0. The van der Waals surface area contributed by atoms with E-state index in [1.807, 2.05) is 18.2 Å². The maximum Gasteiger partial charge on any atom is 0.234 e. The molecule has 0 bridgehead atoms. The van der Waals surface area contributed by atoms with Gasteiger partial charge in [0.1, 0.15) is 0 Å². The van der Waals surface area contributed by atoms with E-state index in [0.29, 0.717) is 18.5 Å². The van der Waals surface area contributed by atoms with Gasteiger partial charge in [0.15, 0.2) is 0 Å². The molecule has 1 aliphatic carbocycles. The van der Waals surface area contributed by atoms with Gasteiger partial charge in [0.05, 0.1) is 19.2 Å². The van der Waals surface area contributed by atoms with Crippen LogP contribution in [0.1, 0.15) is 50.6 Å². The van der Waals surface area contributed by atoms with E-state index in [-0.39, 0.29) is 24.6 Å². The summed E-state index contributed by atoms with van der Waals surface area (Å²) in [5, 5.41) is 12.8. The zero-order chi connectivity index (χ0) is 16.2. The second-order valence-electron chi connectivity index (χ2n) is 7.08. The molecule has 0 aromatic heterocycles. The largest absolute Gasteiger partial charge is 0.395 e. The summed E-state index contributed by atoms with van der Waals surface area (Å²) in [6, 6.07) is 10.9. The molecule has 23 heavy (non-hydrogen) atoms. The molecule has 1 aliphatic heterocycles. The van der Waals surface area contributed by atoms with Crippen LogP contribution >= 0.6 is 0 Å². The average molecular weight is 316 g/mol. The lowest BCUT2D eigenvalue weighted by molar-refractivity contribution is -0.125. The van der Waals surface area contributed by atoms with E-state index < -0.39 is 0 Å². The minimum absolute atomic E-state index is 0.0814. The summed E-state index contributed by atoms with van der Waals surface area (Å²) < 4.78 is 0. The molecular formula is C19H28N2O2. The molecule has 0 radical (unpaired) electrons. The van der Waals surface area contributed by atoms with Crippen molar-refractivity contribution >= 4 is 5.91 Å². The van der Waals surface area contributed by atoms with Gasteiger partial charge in [-0.05, 0) is 44.1 Å². The summed E-state index contributed by atoms with van der Waals surface area (Å²) in [4.78, 5) is 14.8. The molecule has 3 rings (SSSR count). The lowest BCUT2D eigenvalue weighted by atomic mass is 9.96. The summed E-state index contributed by atoms with van der Waals surface area (Å²) in [5.74, 6) is 0.659. The van der Waals surface area contributed by atoms with E-state index in [1.165, 1.54) is 18.4 Å². The van der Waals surface area contributed by atoms with Gasteiger partial charge >= 0.3 is 0 Å². The van der Waals surface area contributed by atoms with Gasteiger partial charge in [-0.25, -0.2) is 0 Å². The fourth-order valence-corrected chi connectivity index (χ4v) is 3.77. The molecule has 1 heterocycles. The van der Waals surface area contributed by atoms with E-state index in [1.54, 1.807) is 0 Å². The van der Waals surface area contributed by atoms with Crippen molar-refractivity contribution in [1.82, 2.24) is 10.2 Å². The third kappa shape index (κ3) is 4.12. The van der Waals surface area contributed by atoms with Gasteiger partial charge in [0, 0.05) is 12.1 Å². The summed E-state index contributed by atoms with van der Waals surface area (Å²) in [5.41, 5.74) is 1.20. The molecule has 2 fully saturated rings. The lowest BCUT2D eigenvalue weighted by Crippen LogP contribution is -2.51. The number of piperidine rings is 1. The fourth-order valence-electron chi connectivity index (χ4n) is 3.77. The number of nitrogens with zero attached hydrogens (tertiary/aromatic N) is 1. The van der Waals surface area contributed by atoms with Crippen molar-refractivity contribution in [2.75, 3.05) is 13.2 Å². The number of aliphatic hydroxyl groups is 1. The topological polar surface area (TPSA) is 52.6 Å². The zero-order valence-corrected chi connectivity index (χ0v) is 13.9. The Morgan fingerprint density at radius 2 is 2.00 bits per heavy atom. The number of likely N-dealkylation sites (tertiary alicyclic amines) is 1. The second kappa shape index (κ2) is 7.45. The van der Waals surface area contributed by atoms with E-state index in [4.69, 9.17) is 0 Å². The number of carbonyl (C=O) groups is 1. The van der Waals surface area contributed by atoms with Gasteiger partial charge in [-0.1, -0.05) is 36.8 Å². The van der Waals surface area contributed by atoms with Gasteiger partial charge in [-0.2, -0.15) is 0 Å². The number of rotatable bonds is 6. The van der Waals surface area contributed by atoms with Crippen LogP contribution in [-0.4, -0.2) is 41.1 Å². The van der Waals surface area contributed by atoms with Gasteiger partial charge in [-0.15, -0.1) is 0 Å². The maximum absolute atomic E-state index is 12.6. The van der Waals surface area contributed by atoms with Crippen LogP contribution in [-0.2, 0) is 4.79 Å². The first kappa shape index (κ1) is 16.5. The van der Waals surface area contributed by atoms with Crippen molar-refractivity contribution in [2.45, 2.75) is 57.2 Å². The van der Waals surface area contributed by atoms with E-state index in [0.717, 1.165) is 19.3 Å². The van der Waals surface area contributed by atoms with Crippen LogP contribution in [0.2, 0.25) is 0 Å². The van der Waals surface area contributed by atoms with Crippen molar-refractivity contribution in [2.24, 2.45) is 5.92 Å². The van der Waals surface area contributed by atoms with Crippen molar-refractivity contribution in [3.63, 3.8) is 0 Å². The van der Waals surface area contributed by atoms with Crippen LogP contribution in [0.5, 0.6) is 0 Å². The number of benzene rings is 1. The fraction of sp³-hybridized carbons (Fsp3) is 0.632. The molecule has 4 nitrogen and oxygen atoms in total. The molecule has 1 saturated carbocycles. The molecule has 3 unspecified atom stereocenters. The minimum Gasteiger partial charge on any atom is -0.395 e. The zero-order valence-electron chi connectivity index (χ0n) is 13.9. The Kier molecular flexibility index (Phi) is 5.34. The molecule has 1 aromatic rings. The highest BCUT2D eigenvalue weighted by Gasteiger charge is 2.34. The quantitative estimate of drug-likeness (QED) is 0.848. The number of nitrogens with one attached hydrogen (secondary N) is 1. The van der Waals surface area contributed by atoms with Crippen molar-refractivity contribution < 1.29 is 9.90 Å². The first-order valence-electron chi connectivity index (χ1n) is 8.90. The molecule has 1 amide bonds. The highest BCUT2D eigenvalue weighted by atomic mass is 16.3. The Hall–Kier alpha value is -1.39. The molecule has 0 spiro atoms. The first-order valence-corrected chi connectivity index (χ1v) is 8.90. The molecule has 2 aliphatic rings. The minimum atomic E-state index is 0.0814. The average Bonchev–Trinajstić information content (AvgIpc) is 3.40. The van der Waals surface area contributed by atoms with Crippen LogP contribution < -0.4 is 5.32 Å². The van der Waals surface area contributed by atoms with E-state index >= 15 is 0 Å². The third-order valence-corrected chi connectivity index (χ3v) is 5.30. The highest BCUT2D eigenvalue weighted by Crippen LogP contribution is 2.40. The van der Waals surface area contributed by atoms with Gasteiger partial charge < -0.3 is 10.4 Å². The third-order valence-electron chi connectivity index (χ3n) is 5.30. The number of hydrogen-bond acceptors (Lipinski definition) is 3. The molecule has 4 heteroatoms. The predicted octanol–water partition coefficient (Wildman–Crippen LogP) is 2.49. The van der Waals surface area contributed by atoms with Crippen molar-refractivity contribution in [1.29, 1.82) is 0 Å². The Bertz CT molecular complexity index is 515. The summed E-state index contributed by atoms with van der Waals surface area (Å²) in [6.45, 7) is 2.69. The number of carbonyl (C=O) groups excluding carboxylic acids is 1. The Morgan fingerprint density at radius 3 is 2.65 bits per heavy atom. The van der Waals surface area contributed by atoms with Gasteiger partial charge in [-0.3, -0.25) is 9.69 Å². The number of amides is 1. The van der Waals surface area contributed by atoms with Crippen LogP contribution in [0.15, 0.2) is 30.3 Å². The van der Waals surface area contributed by atoms with E-state index in [9.17, 15) is 9.90 Å². The molecule has 126 valence electrons. The molecule has 1 saturated heterocycles. The highest BCUT2D eigenvalue weighted by molar-refractivity contribution is 5.78. The first-order chi connectivity index (χ1) is 11.2. The second-order valence-corrected chi connectivity index (χ2v) is 7.08. The monoisotopic (exact) mass is 316 g/mol. The molecule has 1 aromatic carbocycles. The molecular weight excluding hydrogens is 288 g/mol. The lowest BCUT2D eigenvalue weighted by Gasteiger charge is -2.39. The Labute approximate surface area is 138 Å². The van der Waals surface area contributed by atoms with Crippen molar-refractivity contribution in [3.05, 3.63) is 35.9 Å². The SMILES string of the molecule is CC1CCCC(CO)N1CC(=O)NC(c1ccccc1)C1CC1. The number of hydrogen-bond donors (Lipinski definition) is 2. The number of aliphatic hydroxyl groups excluding tert-OH is 1. The summed E-state index contributed by atoms with van der Waals surface area (Å²) in [7, 11) is 0. The Balaban J connectivity index is 1.63. The molecule has 2 N–H and O–H groups in total.